The molecule has 1 spiro atoms. The molecule has 40 heavy (non-hydrogen) atoms. The first-order valence-corrected chi connectivity index (χ1v) is 12.0. The van der Waals surface area contributed by atoms with Crippen molar-refractivity contribution in [1.82, 2.24) is 0 Å². The number of halogens is 4. The molecule has 2 N–H and O–H groups in total. The van der Waals surface area contributed by atoms with Gasteiger partial charge in [0.1, 0.15) is 29.7 Å². The van der Waals surface area contributed by atoms with E-state index in [0.717, 1.165) is 17.0 Å². The number of nitrogens with two attached hydrogens (primary N) is 1. The van der Waals surface area contributed by atoms with E-state index in [1.807, 2.05) is 6.07 Å². The number of nitriles is 1. The zero-order valence-corrected chi connectivity index (χ0v) is 20.5. The topological polar surface area (TPSA) is 99.7 Å². The maximum absolute atomic E-state index is 14.4. The van der Waals surface area contributed by atoms with E-state index in [-0.39, 0.29) is 41.5 Å². The Bertz CT molecular complexity index is 1710. The Morgan fingerprint density at radius 2 is 1.75 bits per heavy atom. The Kier molecular flexibility index (Phi) is 5.48. The third-order valence-corrected chi connectivity index (χ3v) is 7.31. The van der Waals surface area contributed by atoms with Crippen LogP contribution < -0.4 is 15.5 Å². The van der Waals surface area contributed by atoms with E-state index in [1.54, 1.807) is 24.3 Å². The van der Waals surface area contributed by atoms with Gasteiger partial charge in [0.25, 0.3) is 0 Å². The Morgan fingerprint density at radius 1 is 1.02 bits per heavy atom. The van der Waals surface area contributed by atoms with Crippen LogP contribution in [0.2, 0.25) is 0 Å². The molecule has 0 bridgehead atoms. The average molecular weight is 546 g/mol. The van der Waals surface area contributed by atoms with E-state index in [1.165, 1.54) is 41.3 Å². The number of rotatable bonds is 3. The predicted molar refractivity (Wildman–Crippen MR) is 134 cm³/mol. The van der Waals surface area contributed by atoms with Crippen LogP contribution in [0.5, 0.6) is 0 Å². The molecular weight excluding hydrogens is 528 g/mol. The minimum atomic E-state index is -4.66. The Balaban J connectivity index is 1.59. The lowest BCUT2D eigenvalue weighted by Crippen LogP contribution is -2.50. The molecule has 3 aliphatic heterocycles. The van der Waals surface area contributed by atoms with Crippen molar-refractivity contribution in [1.29, 1.82) is 5.26 Å². The fourth-order valence-electron chi connectivity index (χ4n) is 5.64. The van der Waals surface area contributed by atoms with Gasteiger partial charge in [0.2, 0.25) is 5.91 Å². The van der Waals surface area contributed by atoms with Crippen molar-refractivity contribution in [3.63, 3.8) is 0 Å². The van der Waals surface area contributed by atoms with Gasteiger partial charge in [0.05, 0.1) is 29.0 Å². The number of anilines is 2. The summed E-state index contributed by atoms with van der Waals surface area (Å²) in [7, 11) is 0. The van der Waals surface area contributed by atoms with Crippen molar-refractivity contribution in [3.8, 4) is 6.07 Å². The number of fused-ring (bicyclic) bond motifs is 3. The molecule has 0 aliphatic carbocycles. The summed E-state index contributed by atoms with van der Waals surface area (Å²) in [5, 5.41) is 10.4. The number of alkyl halides is 3. The summed E-state index contributed by atoms with van der Waals surface area (Å²) in [6, 6.07) is 18.3. The fraction of sp³-hybridized carbons (Fsp3) is 0.138. The molecule has 7 nitrogen and oxygen atoms in total. The number of para-hydroxylation sites is 1. The monoisotopic (exact) mass is 546 g/mol. The molecule has 3 aliphatic rings. The number of hydrogen-bond acceptors (Lipinski definition) is 6. The molecule has 200 valence electrons. The summed E-state index contributed by atoms with van der Waals surface area (Å²) >= 11 is 0. The van der Waals surface area contributed by atoms with E-state index in [4.69, 9.17) is 10.5 Å². The van der Waals surface area contributed by atoms with Gasteiger partial charge >= 0.3 is 12.1 Å². The predicted octanol–water partition coefficient (Wildman–Crippen LogP) is 4.65. The van der Waals surface area contributed by atoms with Crippen molar-refractivity contribution >= 4 is 23.3 Å². The molecule has 3 aromatic carbocycles. The van der Waals surface area contributed by atoms with Crippen molar-refractivity contribution in [3.05, 3.63) is 118 Å². The van der Waals surface area contributed by atoms with Crippen LogP contribution in [-0.2, 0) is 32.5 Å². The Labute approximate surface area is 225 Å². The maximum Gasteiger partial charge on any atom is 0.416 e. The first-order valence-electron chi connectivity index (χ1n) is 12.0. The van der Waals surface area contributed by atoms with Crippen molar-refractivity contribution in [2.45, 2.75) is 18.1 Å². The number of hydrogen-bond donors (Lipinski definition) is 1. The van der Waals surface area contributed by atoms with Crippen LogP contribution in [0, 0.1) is 17.1 Å². The minimum absolute atomic E-state index is 0.00844. The van der Waals surface area contributed by atoms with E-state index < -0.39 is 34.8 Å². The highest BCUT2D eigenvalue weighted by Gasteiger charge is 2.64. The number of esters is 1. The summed E-state index contributed by atoms with van der Waals surface area (Å²) in [5.74, 6) is -2.31. The lowest BCUT2D eigenvalue weighted by molar-refractivity contribution is -0.138. The lowest BCUT2D eigenvalue weighted by atomic mass is 9.67. The number of amides is 1. The zero-order valence-electron chi connectivity index (χ0n) is 20.5. The third-order valence-electron chi connectivity index (χ3n) is 7.31. The van der Waals surface area contributed by atoms with Crippen LogP contribution in [0.15, 0.2) is 95.5 Å². The smallest absolute Gasteiger partial charge is 0.416 e. The molecule has 0 fully saturated rings. The van der Waals surface area contributed by atoms with Crippen LogP contribution in [0.4, 0.5) is 28.9 Å². The van der Waals surface area contributed by atoms with Gasteiger partial charge < -0.3 is 15.4 Å². The first kappa shape index (κ1) is 25.2. The van der Waals surface area contributed by atoms with Gasteiger partial charge in [0.15, 0.2) is 0 Å². The van der Waals surface area contributed by atoms with E-state index >= 15 is 0 Å². The van der Waals surface area contributed by atoms with Gasteiger partial charge in [-0.1, -0.05) is 36.4 Å². The summed E-state index contributed by atoms with van der Waals surface area (Å²) in [5.41, 5.74) is 4.35. The van der Waals surface area contributed by atoms with Gasteiger partial charge in [-0.05, 0) is 42.0 Å². The minimum Gasteiger partial charge on any atom is -0.456 e. The van der Waals surface area contributed by atoms with Crippen molar-refractivity contribution in [2.75, 3.05) is 16.4 Å². The highest BCUT2D eigenvalue weighted by atomic mass is 19.4. The van der Waals surface area contributed by atoms with E-state index in [0.29, 0.717) is 16.8 Å². The quantitative estimate of drug-likeness (QED) is 0.379. The number of cyclic esters (lactones) is 1. The second kappa shape index (κ2) is 8.71. The molecule has 1 atom stereocenters. The first-order chi connectivity index (χ1) is 19.1. The number of benzene rings is 3. The molecule has 0 saturated heterocycles. The molecule has 11 heteroatoms. The highest BCUT2D eigenvalue weighted by Crippen LogP contribution is 2.56. The summed E-state index contributed by atoms with van der Waals surface area (Å²) < 4.78 is 59.5. The molecule has 0 radical (unpaired) electrons. The zero-order chi connectivity index (χ0) is 28.4. The van der Waals surface area contributed by atoms with Gasteiger partial charge in [-0.2, -0.15) is 18.4 Å². The van der Waals surface area contributed by atoms with Crippen LogP contribution in [0.25, 0.3) is 0 Å². The second-order valence-corrected chi connectivity index (χ2v) is 9.44. The summed E-state index contributed by atoms with van der Waals surface area (Å²) in [6.07, 6.45) is -4.66. The fourth-order valence-corrected chi connectivity index (χ4v) is 5.64. The van der Waals surface area contributed by atoms with E-state index in [2.05, 4.69) is 0 Å². The van der Waals surface area contributed by atoms with E-state index in [9.17, 15) is 32.4 Å². The molecule has 1 amide bonds. The number of carbonyl (C=O) groups is 2. The van der Waals surface area contributed by atoms with Crippen LogP contribution in [0.3, 0.4) is 0 Å². The Hall–Kier alpha value is -5.11. The molecular formula is C29H18F4N4O3. The number of carbonyl (C=O) groups excluding carboxylic acids is 2. The van der Waals surface area contributed by atoms with Gasteiger partial charge in [0, 0.05) is 16.9 Å². The second-order valence-electron chi connectivity index (χ2n) is 9.44. The normalized spacial score (nSPS) is 20.2. The largest absolute Gasteiger partial charge is 0.456 e. The van der Waals surface area contributed by atoms with Crippen LogP contribution >= 0.6 is 0 Å². The van der Waals surface area contributed by atoms with Crippen LogP contribution in [0.1, 0.15) is 16.7 Å². The summed E-state index contributed by atoms with van der Waals surface area (Å²) in [4.78, 5) is 30.3. The number of nitrogens with zero attached hydrogens (tertiary/aromatic N) is 3. The molecule has 0 aromatic heterocycles. The van der Waals surface area contributed by atoms with Gasteiger partial charge in [-0.25, -0.2) is 9.18 Å². The molecule has 3 aromatic rings. The van der Waals surface area contributed by atoms with Gasteiger partial charge in [-0.15, -0.1) is 0 Å². The van der Waals surface area contributed by atoms with Crippen molar-refractivity contribution in [2.24, 2.45) is 5.73 Å². The molecule has 0 unspecified atom stereocenters. The SMILES string of the molecule is N#CC1=C(N)N(c2cccc(C(F)(F)F)c2)C2=C(C(=O)OC2)[C@]12C(=O)N(Cc1ccc(F)cc1)c1ccccc12. The number of ether oxygens (including phenoxy) is 1. The lowest BCUT2D eigenvalue weighted by Gasteiger charge is -2.38. The summed E-state index contributed by atoms with van der Waals surface area (Å²) in [6.45, 7) is -0.384. The maximum atomic E-state index is 14.4. The molecule has 0 saturated carbocycles. The highest BCUT2D eigenvalue weighted by molar-refractivity contribution is 6.19. The van der Waals surface area contributed by atoms with Gasteiger partial charge in [-0.3, -0.25) is 9.69 Å². The Morgan fingerprint density at radius 3 is 2.45 bits per heavy atom. The third kappa shape index (κ3) is 3.42. The molecule has 6 rings (SSSR count). The van der Waals surface area contributed by atoms with Crippen LogP contribution in [-0.4, -0.2) is 18.5 Å². The van der Waals surface area contributed by atoms with Crippen molar-refractivity contribution < 1.29 is 31.9 Å². The standard InChI is InChI=1S/C29H18F4N4O3/c30-18-10-8-16(9-11-18)14-36-22-7-2-1-6-20(22)28(27(36)39)21(13-34)25(35)37(23-15-40-26(38)24(23)28)19-5-3-4-17(12-19)29(31,32)33/h1-12H,14-15,35H2/t28-/m1/s1. The molecule has 3 heterocycles. The average Bonchev–Trinajstić information content (AvgIpc) is 3.42.